The van der Waals surface area contributed by atoms with Crippen molar-refractivity contribution in [1.82, 2.24) is 5.32 Å². The summed E-state index contributed by atoms with van der Waals surface area (Å²) in [4.78, 5) is 11.7. The normalized spacial score (nSPS) is 36.4. The molecular weight excluding hydrogens is 204 g/mol. The van der Waals surface area contributed by atoms with E-state index in [0.717, 1.165) is 0 Å². The van der Waals surface area contributed by atoms with Crippen molar-refractivity contribution in [3.05, 3.63) is 0 Å². The van der Waals surface area contributed by atoms with Gasteiger partial charge < -0.3 is 15.8 Å². The molecule has 0 aromatic carbocycles. The third kappa shape index (κ3) is 2.38. The number of amides is 1. The lowest BCUT2D eigenvalue weighted by Crippen LogP contribution is -2.61. The third-order valence-corrected chi connectivity index (χ3v) is 3.87. The summed E-state index contributed by atoms with van der Waals surface area (Å²) in [7, 11) is 0. The molecule has 2 atom stereocenters. The Bertz CT molecular complexity index is 264. The van der Waals surface area contributed by atoms with Gasteiger partial charge in [0.05, 0.1) is 6.10 Å². The van der Waals surface area contributed by atoms with Crippen LogP contribution in [0.3, 0.4) is 0 Å². The molecule has 2 fully saturated rings. The van der Waals surface area contributed by atoms with Crippen LogP contribution in [0.4, 0.5) is 0 Å². The Morgan fingerprint density at radius 2 is 2.12 bits per heavy atom. The zero-order valence-electron chi connectivity index (χ0n) is 10.00. The summed E-state index contributed by atoms with van der Waals surface area (Å²) < 4.78 is 5.50. The predicted octanol–water partition coefficient (Wildman–Crippen LogP) is 0.942. The van der Waals surface area contributed by atoms with Crippen molar-refractivity contribution in [2.24, 2.45) is 5.73 Å². The standard InChI is InChI=1S/C12H22N2O2/c1-9-8-12(11(13)15,6-7-16-9)14-10-4-2-3-5-10/h9-10,14H,2-8H2,1H3,(H2,13,15). The molecule has 0 spiro atoms. The van der Waals surface area contributed by atoms with Crippen molar-refractivity contribution in [2.75, 3.05) is 6.61 Å². The molecule has 16 heavy (non-hydrogen) atoms. The minimum Gasteiger partial charge on any atom is -0.378 e. The summed E-state index contributed by atoms with van der Waals surface area (Å²) in [5.74, 6) is -0.213. The maximum absolute atomic E-state index is 11.7. The summed E-state index contributed by atoms with van der Waals surface area (Å²) in [5, 5.41) is 3.51. The lowest BCUT2D eigenvalue weighted by molar-refractivity contribution is -0.131. The van der Waals surface area contributed by atoms with E-state index in [-0.39, 0.29) is 12.0 Å². The van der Waals surface area contributed by atoms with Crippen LogP contribution in [0.15, 0.2) is 0 Å². The number of hydrogen-bond acceptors (Lipinski definition) is 3. The van der Waals surface area contributed by atoms with E-state index in [4.69, 9.17) is 10.5 Å². The SMILES string of the molecule is CC1CC(NC2CCCC2)(C(N)=O)CCO1. The minimum absolute atomic E-state index is 0.121. The van der Waals surface area contributed by atoms with Crippen LogP contribution in [-0.4, -0.2) is 30.2 Å². The molecule has 0 radical (unpaired) electrons. The third-order valence-electron chi connectivity index (χ3n) is 3.87. The lowest BCUT2D eigenvalue weighted by atomic mass is 9.85. The van der Waals surface area contributed by atoms with Gasteiger partial charge in [0.2, 0.25) is 5.91 Å². The minimum atomic E-state index is -0.521. The molecule has 1 amide bonds. The van der Waals surface area contributed by atoms with Gasteiger partial charge in [0, 0.05) is 19.1 Å². The van der Waals surface area contributed by atoms with Gasteiger partial charge in [0.25, 0.3) is 0 Å². The van der Waals surface area contributed by atoms with E-state index in [2.05, 4.69) is 5.32 Å². The van der Waals surface area contributed by atoms with Crippen LogP contribution in [0.1, 0.15) is 45.4 Å². The first-order chi connectivity index (χ1) is 7.62. The molecule has 1 saturated carbocycles. The Kier molecular flexibility index (Phi) is 3.50. The van der Waals surface area contributed by atoms with Gasteiger partial charge in [-0.1, -0.05) is 12.8 Å². The lowest BCUT2D eigenvalue weighted by Gasteiger charge is -2.40. The number of carbonyl (C=O) groups excluding carboxylic acids is 1. The fraction of sp³-hybridized carbons (Fsp3) is 0.917. The molecule has 2 unspecified atom stereocenters. The van der Waals surface area contributed by atoms with Gasteiger partial charge in [-0.2, -0.15) is 0 Å². The molecule has 3 N–H and O–H groups in total. The summed E-state index contributed by atoms with van der Waals surface area (Å²) in [6.07, 6.45) is 6.41. The molecule has 0 bridgehead atoms. The van der Waals surface area contributed by atoms with E-state index in [1.54, 1.807) is 0 Å². The molecule has 0 aromatic rings. The van der Waals surface area contributed by atoms with Crippen LogP contribution in [0, 0.1) is 0 Å². The first-order valence-electron chi connectivity index (χ1n) is 6.32. The van der Waals surface area contributed by atoms with E-state index in [0.29, 0.717) is 25.5 Å². The van der Waals surface area contributed by atoms with Crippen molar-refractivity contribution in [1.29, 1.82) is 0 Å². The van der Waals surface area contributed by atoms with E-state index >= 15 is 0 Å². The maximum atomic E-state index is 11.7. The Morgan fingerprint density at radius 3 is 2.69 bits per heavy atom. The highest BCUT2D eigenvalue weighted by molar-refractivity contribution is 5.84. The van der Waals surface area contributed by atoms with E-state index < -0.39 is 5.54 Å². The van der Waals surface area contributed by atoms with Gasteiger partial charge in [-0.3, -0.25) is 4.79 Å². The summed E-state index contributed by atoms with van der Waals surface area (Å²) in [5.41, 5.74) is 5.06. The number of nitrogens with one attached hydrogen (secondary N) is 1. The molecule has 2 rings (SSSR count). The van der Waals surface area contributed by atoms with E-state index in [1.807, 2.05) is 6.92 Å². The number of ether oxygens (including phenoxy) is 1. The van der Waals surface area contributed by atoms with Crippen molar-refractivity contribution >= 4 is 5.91 Å². The predicted molar refractivity (Wildman–Crippen MR) is 62.0 cm³/mol. The number of primary amides is 1. The van der Waals surface area contributed by atoms with Crippen molar-refractivity contribution in [3.63, 3.8) is 0 Å². The van der Waals surface area contributed by atoms with Gasteiger partial charge in [0.1, 0.15) is 5.54 Å². The van der Waals surface area contributed by atoms with Crippen molar-refractivity contribution < 1.29 is 9.53 Å². The van der Waals surface area contributed by atoms with Crippen LogP contribution < -0.4 is 11.1 Å². The maximum Gasteiger partial charge on any atom is 0.237 e. The average molecular weight is 226 g/mol. The molecule has 92 valence electrons. The monoisotopic (exact) mass is 226 g/mol. The number of nitrogens with two attached hydrogens (primary N) is 1. The summed E-state index contributed by atoms with van der Waals surface area (Å²) >= 11 is 0. The Hall–Kier alpha value is -0.610. The van der Waals surface area contributed by atoms with Gasteiger partial charge in [0.15, 0.2) is 0 Å². The van der Waals surface area contributed by atoms with Crippen molar-refractivity contribution in [3.8, 4) is 0 Å². The van der Waals surface area contributed by atoms with Crippen LogP contribution in [0.25, 0.3) is 0 Å². The molecule has 1 heterocycles. The molecule has 4 nitrogen and oxygen atoms in total. The van der Waals surface area contributed by atoms with Crippen molar-refractivity contribution in [2.45, 2.75) is 63.1 Å². The molecule has 0 aromatic heterocycles. The number of carbonyl (C=O) groups is 1. The van der Waals surface area contributed by atoms with Crippen LogP contribution in [0.2, 0.25) is 0 Å². The Balaban J connectivity index is 2.04. The molecule has 1 saturated heterocycles. The summed E-state index contributed by atoms with van der Waals surface area (Å²) in [6.45, 7) is 2.64. The molecule has 1 aliphatic carbocycles. The van der Waals surface area contributed by atoms with E-state index in [1.165, 1.54) is 25.7 Å². The topological polar surface area (TPSA) is 64.3 Å². The first kappa shape index (κ1) is 11.9. The fourth-order valence-electron chi connectivity index (χ4n) is 2.97. The molecule has 1 aliphatic heterocycles. The number of hydrogen-bond donors (Lipinski definition) is 2. The highest BCUT2D eigenvalue weighted by atomic mass is 16.5. The largest absolute Gasteiger partial charge is 0.378 e. The van der Waals surface area contributed by atoms with Gasteiger partial charge >= 0.3 is 0 Å². The highest BCUT2D eigenvalue weighted by Crippen LogP contribution is 2.28. The van der Waals surface area contributed by atoms with Crippen LogP contribution in [-0.2, 0) is 9.53 Å². The molecular formula is C12H22N2O2. The van der Waals surface area contributed by atoms with E-state index in [9.17, 15) is 4.79 Å². The quantitative estimate of drug-likeness (QED) is 0.753. The average Bonchev–Trinajstić information content (AvgIpc) is 2.70. The number of rotatable bonds is 3. The summed E-state index contributed by atoms with van der Waals surface area (Å²) in [6, 6.07) is 0.470. The Labute approximate surface area is 96.9 Å². The van der Waals surface area contributed by atoms with Crippen LogP contribution in [0.5, 0.6) is 0 Å². The van der Waals surface area contributed by atoms with Gasteiger partial charge in [-0.05, 0) is 26.2 Å². The highest BCUT2D eigenvalue weighted by Gasteiger charge is 2.42. The second-order valence-corrected chi connectivity index (χ2v) is 5.21. The molecule has 4 heteroatoms. The smallest absolute Gasteiger partial charge is 0.237 e. The zero-order chi connectivity index (χ0) is 11.6. The fourth-order valence-corrected chi connectivity index (χ4v) is 2.97. The zero-order valence-corrected chi connectivity index (χ0v) is 10.00. The Morgan fingerprint density at radius 1 is 1.44 bits per heavy atom. The molecule has 2 aliphatic rings. The second-order valence-electron chi connectivity index (χ2n) is 5.21. The first-order valence-corrected chi connectivity index (χ1v) is 6.32. The van der Waals surface area contributed by atoms with Gasteiger partial charge in [-0.15, -0.1) is 0 Å². The van der Waals surface area contributed by atoms with Gasteiger partial charge in [-0.25, -0.2) is 0 Å². The second kappa shape index (κ2) is 4.72. The van der Waals surface area contributed by atoms with Crippen LogP contribution >= 0.6 is 0 Å².